The molecule has 0 fully saturated rings. The average Bonchev–Trinajstić information content (AvgIpc) is 3.05. The van der Waals surface area contributed by atoms with Gasteiger partial charge in [0.15, 0.2) is 0 Å². The summed E-state index contributed by atoms with van der Waals surface area (Å²) < 4.78 is 5.22. The molecule has 0 saturated heterocycles. The van der Waals surface area contributed by atoms with Crippen molar-refractivity contribution in [3.05, 3.63) is 60.1 Å². The number of nitrogens with one attached hydrogen (secondary N) is 1. The van der Waals surface area contributed by atoms with Crippen molar-refractivity contribution in [2.24, 2.45) is 0 Å². The third kappa shape index (κ3) is 5.98. The molecule has 1 aromatic carbocycles. The summed E-state index contributed by atoms with van der Waals surface area (Å²) in [7, 11) is 0. The summed E-state index contributed by atoms with van der Waals surface area (Å²) in [6, 6.07) is 13.7. The van der Waals surface area contributed by atoms with E-state index < -0.39 is 0 Å². The van der Waals surface area contributed by atoms with Crippen LogP contribution in [0.3, 0.4) is 0 Å². The highest BCUT2D eigenvalue weighted by Gasteiger charge is 2.14. The molecule has 0 atom stereocenters. The number of carbonyl (C=O) groups excluding carboxylic acids is 2. The van der Waals surface area contributed by atoms with Gasteiger partial charge in [0.2, 0.25) is 11.8 Å². The molecule has 2 rings (SSSR count). The Bertz CT molecular complexity index is 608. The summed E-state index contributed by atoms with van der Waals surface area (Å²) in [5, 5.41) is 2.85. The first-order valence-electron chi connectivity index (χ1n) is 7.73. The third-order valence-corrected chi connectivity index (χ3v) is 3.51. The van der Waals surface area contributed by atoms with Gasteiger partial charge in [-0.1, -0.05) is 30.3 Å². The Morgan fingerprint density at radius 3 is 2.57 bits per heavy atom. The minimum Gasteiger partial charge on any atom is -0.467 e. The summed E-state index contributed by atoms with van der Waals surface area (Å²) in [5.41, 5.74) is 1.25. The van der Waals surface area contributed by atoms with Crippen molar-refractivity contribution in [1.82, 2.24) is 10.2 Å². The quantitative estimate of drug-likeness (QED) is 0.761. The molecule has 1 aromatic heterocycles. The molecule has 0 aliphatic rings. The van der Waals surface area contributed by atoms with Gasteiger partial charge < -0.3 is 14.6 Å². The van der Waals surface area contributed by atoms with Crippen LogP contribution in [-0.4, -0.2) is 29.8 Å². The second-order valence-electron chi connectivity index (χ2n) is 5.39. The van der Waals surface area contributed by atoms with Crippen molar-refractivity contribution in [1.29, 1.82) is 0 Å². The fraction of sp³-hybridized carbons (Fsp3) is 0.333. The van der Waals surface area contributed by atoms with Gasteiger partial charge in [-0.2, -0.15) is 0 Å². The van der Waals surface area contributed by atoms with Crippen LogP contribution >= 0.6 is 0 Å². The molecule has 5 nitrogen and oxygen atoms in total. The highest BCUT2D eigenvalue weighted by molar-refractivity contribution is 5.83. The number of aryl methyl sites for hydroxylation is 1. The zero-order chi connectivity index (χ0) is 16.5. The van der Waals surface area contributed by atoms with Gasteiger partial charge >= 0.3 is 0 Å². The van der Waals surface area contributed by atoms with E-state index in [1.165, 1.54) is 17.4 Å². The summed E-state index contributed by atoms with van der Waals surface area (Å²) in [5.74, 6) is 0.359. The van der Waals surface area contributed by atoms with Gasteiger partial charge in [-0.15, -0.1) is 0 Å². The number of hydrogen-bond donors (Lipinski definition) is 1. The zero-order valence-corrected chi connectivity index (χ0v) is 13.3. The number of amides is 2. The first-order chi connectivity index (χ1) is 11.1. The molecule has 0 spiro atoms. The van der Waals surface area contributed by atoms with Crippen LogP contribution in [0.25, 0.3) is 0 Å². The highest BCUT2D eigenvalue weighted by Crippen LogP contribution is 2.05. The predicted octanol–water partition coefficient (Wildman–Crippen LogP) is 2.38. The molecular formula is C18H22N2O3. The fourth-order valence-corrected chi connectivity index (χ4v) is 2.26. The van der Waals surface area contributed by atoms with Crippen molar-refractivity contribution in [3.8, 4) is 0 Å². The van der Waals surface area contributed by atoms with Crippen LogP contribution in [0.1, 0.15) is 24.7 Å². The molecule has 0 unspecified atom stereocenters. The summed E-state index contributed by atoms with van der Waals surface area (Å²) in [6.45, 7) is 2.40. The molecule has 0 aliphatic carbocycles. The minimum absolute atomic E-state index is 0.0430. The van der Waals surface area contributed by atoms with Crippen LogP contribution < -0.4 is 5.32 Å². The minimum atomic E-state index is -0.153. The molecule has 2 aromatic rings. The smallest absolute Gasteiger partial charge is 0.239 e. The Morgan fingerprint density at radius 2 is 1.91 bits per heavy atom. The predicted molar refractivity (Wildman–Crippen MR) is 87.6 cm³/mol. The fourth-order valence-electron chi connectivity index (χ4n) is 2.26. The maximum absolute atomic E-state index is 12.0. The van der Waals surface area contributed by atoms with Crippen molar-refractivity contribution >= 4 is 11.8 Å². The van der Waals surface area contributed by atoms with E-state index in [2.05, 4.69) is 17.4 Å². The zero-order valence-electron chi connectivity index (χ0n) is 13.3. The third-order valence-electron chi connectivity index (χ3n) is 3.51. The van der Waals surface area contributed by atoms with Crippen LogP contribution in [0.15, 0.2) is 53.1 Å². The lowest BCUT2D eigenvalue weighted by Gasteiger charge is -2.19. The Morgan fingerprint density at radius 1 is 1.13 bits per heavy atom. The average molecular weight is 314 g/mol. The van der Waals surface area contributed by atoms with E-state index in [0.29, 0.717) is 18.8 Å². The second kappa shape index (κ2) is 8.78. The molecule has 2 amide bonds. The molecule has 122 valence electrons. The van der Waals surface area contributed by atoms with Gasteiger partial charge in [0, 0.05) is 13.5 Å². The highest BCUT2D eigenvalue weighted by atomic mass is 16.3. The van der Waals surface area contributed by atoms with Crippen LogP contribution in [0.2, 0.25) is 0 Å². The van der Waals surface area contributed by atoms with Crippen molar-refractivity contribution in [2.75, 3.05) is 13.1 Å². The molecule has 23 heavy (non-hydrogen) atoms. The number of benzene rings is 1. The lowest BCUT2D eigenvalue weighted by Crippen LogP contribution is -2.39. The molecule has 0 aliphatic heterocycles. The largest absolute Gasteiger partial charge is 0.467 e. The van der Waals surface area contributed by atoms with Gasteiger partial charge in [0.1, 0.15) is 5.76 Å². The van der Waals surface area contributed by atoms with E-state index in [4.69, 9.17) is 4.42 Å². The van der Waals surface area contributed by atoms with Crippen molar-refractivity contribution in [3.63, 3.8) is 0 Å². The van der Waals surface area contributed by atoms with Gasteiger partial charge in [-0.3, -0.25) is 9.59 Å². The van der Waals surface area contributed by atoms with Gasteiger partial charge in [-0.25, -0.2) is 0 Å². The second-order valence-corrected chi connectivity index (χ2v) is 5.39. The Kier molecular flexibility index (Phi) is 6.41. The van der Waals surface area contributed by atoms with E-state index in [0.717, 1.165) is 12.8 Å². The molecule has 1 N–H and O–H groups in total. The maximum Gasteiger partial charge on any atom is 0.239 e. The standard InChI is InChI=1S/C18H22N2O3/c1-15(21)20(13-17-10-6-12-23-17)14-18(22)19-11-5-9-16-7-3-2-4-8-16/h2-4,6-8,10,12H,5,9,11,13-14H2,1H3,(H,19,22). The van der Waals surface area contributed by atoms with Crippen LogP contribution in [0, 0.1) is 0 Å². The molecule has 0 saturated carbocycles. The number of furan rings is 1. The first-order valence-corrected chi connectivity index (χ1v) is 7.73. The molecular weight excluding hydrogens is 292 g/mol. The van der Waals surface area contributed by atoms with Gasteiger partial charge in [0.05, 0.1) is 19.4 Å². The van der Waals surface area contributed by atoms with E-state index in [-0.39, 0.29) is 18.4 Å². The lowest BCUT2D eigenvalue weighted by atomic mass is 10.1. The normalized spacial score (nSPS) is 10.3. The Hall–Kier alpha value is -2.56. The SMILES string of the molecule is CC(=O)N(CC(=O)NCCCc1ccccc1)Cc1ccco1. The number of carbonyl (C=O) groups is 2. The molecule has 0 radical (unpaired) electrons. The van der Waals surface area contributed by atoms with E-state index >= 15 is 0 Å². The summed E-state index contributed by atoms with van der Waals surface area (Å²) in [4.78, 5) is 25.1. The molecule has 0 bridgehead atoms. The lowest BCUT2D eigenvalue weighted by molar-refractivity contribution is -0.135. The van der Waals surface area contributed by atoms with Gasteiger partial charge in [-0.05, 0) is 30.5 Å². The van der Waals surface area contributed by atoms with E-state index in [1.807, 2.05) is 18.2 Å². The Balaban J connectivity index is 1.70. The number of rotatable bonds is 8. The first kappa shape index (κ1) is 16.8. The van der Waals surface area contributed by atoms with Gasteiger partial charge in [0.25, 0.3) is 0 Å². The van der Waals surface area contributed by atoms with Crippen molar-refractivity contribution in [2.45, 2.75) is 26.3 Å². The summed E-state index contributed by atoms with van der Waals surface area (Å²) >= 11 is 0. The maximum atomic E-state index is 12.0. The monoisotopic (exact) mass is 314 g/mol. The van der Waals surface area contributed by atoms with Crippen molar-refractivity contribution < 1.29 is 14.0 Å². The molecule has 1 heterocycles. The van der Waals surface area contributed by atoms with Crippen LogP contribution in [-0.2, 0) is 22.6 Å². The van der Waals surface area contributed by atoms with E-state index in [9.17, 15) is 9.59 Å². The molecule has 5 heteroatoms. The van der Waals surface area contributed by atoms with E-state index in [1.54, 1.807) is 18.4 Å². The number of hydrogen-bond acceptors (Lipinski definition) is 3. The number of nitrogens with zero attached hydrogens (tertiary/aromatic N) is 1. The van der Waals surface area contributed by atoms with Crippen LogP contribution in [0.5, 0.6) is 0 Å². The topological polar surface area (TPSA) is 62.6 Å². The summed E-state index contributed by atoms with van der Waals surface area (Å²) in [6.07, 6.45) is 3.34. The Labute approximate surface area is 136 Å². The van der Waals surface area contributed by atoms with Crippen LogP contribution in [0.4, 0.5) is 0 Å².